The molecule has 4 heteroatoms. The van der Waals surface area contributed by atoms with Crippen molar-refractivity contribution in [2.75, 3.05) is 31.6 Å². The van der Waals surface area contributed by atoms with Crippen LogP contribution >= 0.6 is 0 Å². The quantitative estimate of drug-likeness (QED) is 0.819. The van der Waals surface area contributed by atoms with Gasteiger partial charge in [-0.3, -0.25) is 4.90 Å². The van der Waals surface area contributed by atoms with Crippen LogP contribution in [-0.2, 0) is 0 Å². The molecular weight excluding hydrogens is 274 g/mol. The largest absolute Gasteiger partial charge is 0.338 e. The number of likely N-dealkylation sites (N-methyl/N-ethyl adjacent to an activating group) is 1. The molecule has 4 nitrogen and oxygen atoms in total. The minimum Gasteiger partial charge on any atom is -0.338 e. The van der Waals surface area contributed by atoms with Gasteiger partial charge in [0.05, 0.1) is 32.1 Å². The number of hydrogen-bond acceptors (Lipinski definition) is 1. The number of anilines is 1. The number of hydrogen-bond donors (Lipinski definition) is 2. The number of urea groups is 1. The molecule has 3 rings (SSSR count). The zero-order valence-corrected chi connectivity index (χ0v) is 14.0. The van der Waals surface area contributed by atoms with Gasteiger partial charge in [-0.15, -0.1) is 0 Å². The first-order valence-electron chi connectivity index (χ1n) is 8.60. The summed E-state index contributed by atoms with van der Waals surface area (Å²) in [4.78, 5) is 16.3. The molecule has 1 aromatic carbocycles. The first-order chi connectivity index (χ1) is 10.6. The van der Waals surface area contributed by atoms with E-state index >= 15 is 0 Å². The van der Waals surface area contributed by atoms with E-state index in [2.05, 4.69) is 44.4 Å². The fourth-order valence-corrected chi connectivity index (χ4v) is 3.92. The molecule has 0 bridgehead atoms. The van der Waals surface area contributed by atoms with E-state index in [1.165, 1.54) is 11.1 Å². The zero-order chi connectivity index (χ0) is 15.7. The number of nitrogens with zero attached hydrogens (tertiary/aromatic N) is 1. The summed E-state index contributed by atoms with van der Waals surface area (Å²) in [7, 11) is 2.26. The Morgan fingerprint density at radius 1 is 1.45 bits per heavy atom. The second-order valence-electron chi connectivity index (χ2n) is 6.89. The highest BCUT2D eigenvalue weighted by Gasteiger charge is 2.45. The molecule has 0 saturated carbocycles. The second-order valence-corrected chi connectivity index (χ2v) is 6.89. The average molecular weight is 302 g/mol. The fourth-order valence-electron chi connectivity index (χ4n) is 3.92. The number of amides is 2. The van der Waals surface area contributed by atoms with E-state index in [1.54, 1.807) is 4.90 Å². The molecule has 2 aliphatic rings. The molecule has 1 saturated heterocycles. The summed E-state index contributed by atoms with van der Waals surface area (Å²) in [6, 6.07) is 6.97. The number of carbonyl (C=O) groups excluding carboxylic acids is 1. The van der Waals surface area contributed by atoms with Crippen LogP contribution in [0.3, 0.4) is 0 Å². The lowest BCUT2D eigenvalue weighted by Gasteiger charge is -2.34. The van der Waals surface area contributed by atoms with Gasteiger partial charge in [0.2, 0.25) is 0 Å². The van der Waals surface area contributed by atoms with Crippen molar-refractivity contribution in [3.8, 4) is 0 Å². The van der Waals surface area contributed by atoms with Gasteiger partial charge in [0.15, 0.2) is 0 Å². The molecule has 120 valence electrons. The Morgan fingerprint density at radius 3 is 3.05 bits per heavy atom. The number of carbonyl (C=O) groups is 1. The monoisotopic (exact) mass is 302 g/mol. The maximum absolute atomic E-state index is 12.7. The number of nitrogens with one attached hydrogen (secondary N) is 2. The Labute approximate surface area is 133 Å². The lowest BCUT2D eigenvalue weighted by atomic mass is 9.89. The molecule has 2 heterocycles. The van der Waals surface area contributed by atoms with E-state index in [0.29, 0.717) is 12.0 Å². The van der Waals surface area contributed by atoms with E-state index in [4.69, 9.17) is 0 Å². The first kappa shape index (κ1) is 15.3. The molecule has 2 aliphatic heterocycles. The molecule has 1 unspecified atom stereocenters. The summed E-state index contributed by atoms with van der Waals surface area (Å²) < 4.78 is 0. The van der Waals surface area contributed by atoms with Crippen LogP contribution in [0.4, 0.5) is 10.5 Å². The van der Waals surface area contributed by atoms with Crippen LogP contribution in [0, 0.1) is 6.92 Å². The Bertz CT molecular complexity index is 557. The summed E-state index contributed by atoms with van der Waals surface area (Å²) in [5, 5.41) is 3.11. The Hall–Kier alpha value is -1.55. The van der Waals surface area contributed by atoms with Crippen LogP contribution in [0.1, 0.15) is 43.2 Å². The summed E-state index contributed by atoms with van der Waals surface area (Å²) >= 11 is 0. The number of likely N-dealkylation sites (tertiary alicyclic amines) is 1. The summed E-state index contributed by atoms with van der Waals surface area (Å²) in [5.74, 6) is 0.487. The molecule has 1 fully saturated rings. The number of piperidine rings is 1. The number of aryl methyl sites for hydroxylation is 1. The minimum absolute atomic E-state index is 0.0885. The topological polar surface area (TPSA) is 36.8 Å². The van der Waals surface area contributed by atoms with Gasteiger partial charge >= 0.3 is 6.03 Å². The van der Waals surface area contributed by atoms with Crippen molar-refractivity contribution in [3.63, 3.8) is 0 Å². The van der Waals surface area contributed by atoms with E-state index < -0.39 is 0 Å². The smallest absolute Gasteiger partial charge is 0.322 e. The van der Waals surface area contributed by atoms with Crippen LogP contribution in [0.15, 0.2) is 18.2 Å². The Balaban J connectivity index is 1.88. The number of quaternary nitrogens is 1. The molecular formula is C18H28N3O+. The molecule has 2 amide bonds. The summed E-state index contributed by atoms with van der Waals surface area (Å²) in [6.07, 6.45) is 3.24. The van der Waals surface area contributed by atoms with Crippen molar-refractivity contribution in [2.45, 2.75) is 45.1 Å². The number of benzene rings is 1. The molecule has 0 spiro atoms. The van der Waals surface area contributed by atoms with Crippen molar-refractivity contribution < 1.29 is 9.69 Å². The molecule has 0 aliphatic carbocycles. The molecule has 2 N–H and O–H groups in total. The highest BCUT2D eigenvalue weighted by Crippen LogP contribution is 2.42. The van der Waals surface area contributed by atoms with Gasteiger partial charge in [-0.25, -0.2) is 4.79 Å². The van der Waals surface area contributed by atoms with Crippen LogP contribution < -0.4 is 15.1 Å². The van der Waals surface area contributed by atoms with Gasteiger partial charge in [-0.1, -0.05) is 31.0 Å². The number of rotatable bonds is 3. The number of fused-ring (bicyclic) bond motifs is 3. The number of unbranched alkanes of at least 4 members (excludes halogenated alkanes) is 1. The Morgan fingerprint density at radius 2 is 2.27 bits per heavy atom. The van der Waals surface area contributed by atoms with Crippen LogP contribution in [0.5, 0.6) is 0 Å². The van der Waals surface area contributed by atoms with Gasteiger partial charge in [0, 0.05) is 18.7 Å². The summed E-state index contributed by atoms with van der Waals surface area (Å²) in [6.45, 7) is 7.33. The standard InChI is InChI=1S/C18H27N3O/c1-4-5-9-19-18(22)21-16-7-6-13(2)11-14(16)15-12-20(3)10-8-17(15)21/h6-7,11,15,17H,4-5,8-10,12H2,1-3H3,(H,19,22)/p+1/t15-,17+/m1/s1. The van der Waals surface area contributed by atoms with Gasteiger partial charge in [-0.05, 0) is 25.0 Å². The molecule has 22 heavy (non-hydrogen) atoms. The molecule has 0 aromatic heterocycles. The average Bonchev–Trinajstić information content (AvgIpc) is 2.80. The zero-order valence-electron chi connectivity index (χ0n) is 14.0. The third-order valence-corrected chi connectivity index (χ3v) is 5.10. The predicted molar refractivity (Wildman–Crippen MR) is 89.7 cm³/mol. The van der Waals surface area contributed by atoms with Crippen LogP contribution in [-0.4, -0.2) is 38.8 Å². The maximum Gasteiger partial charge on any atom is 0.322 e. The van der Waals surface area contributed by atoms with E-state index in [1.807, 2.05) is 4.90 Å². The Kier molecular flexibility index (Phi) is 4.39. The maximum atomic E-state index is 12.7. The third kappa shape index (κ3) is 2.72. The highest BCUT2D eigenvalue weighted by atomic mass is 16.2. The second kappa shape index (κ2) is 6.29. The first-order valence-corrected chi connectivity index (χ1v) is 8.60. The SMILES string of the molecule is CCCCNC(=O)N1c2ccc(C)cc2[C@H]2C[NH+](C)CC[C@@H]21. The van der Waals surface area contributed by atoms with E-state index in [9.17, 15) is 4.79 Å². The van der Waals surface area contributed by atoms with Crippen LogP contribution in [0.25, 0.3) is 0 Å². The highest BCUT2D eigenvalue weighted by molar-refractivity contribution is 5.95. The predicted octanol–water partition coefficient (Wildman–Crippen LogP) is 1.70. The van der Waals surface area contributed by atoms with Gasteiger partial charge in [0.25, 0.3) is 0 Å². The van der Waals surface area contributed by atoms with Crippen molar-refractivity contribution in [2.24, 2.45) is 0 Å². The summed E-state index contributed by atoms with van der Waals surface area (Å²) in [5.41, 5.74) is 3.79. The lowest BCUT2D eigenvalue weighted by molar-refractivity contribution is -0.886. The van der Waals surface area contributed by atoms with Crippen molar-refractivity contribution in [1.29, 1.82) is 0 Å². The lowest BCUT2D eigenvalue weighted by Crippen LogP contribution is -3.11. The van der Waals surface area contributed by atoms with Crippen molar-refractivity contribution >= 4 is 11.7 Å². The van der Waals surface area contributed by atoms with Gasteiger partial charge in [0.1, 0.15) is 0 Å². The van der Waals surface area contributed by atoms with E-state index in [0.717, 1.165) is 44.6 Å². The van der Waals surface area contributed by atoms with Gasteiger partial charge in [-0.2, -0.15) is 0 Å². The van der Waals surface area contributed by atoms with Crippen molar-refractivity contribution in [3.05, 3.63) is 29.3 Å². The van der Waals surface area contributed by atoms with Crippen LogP contribution in [0.2, 0.25) is 0 Å². The fraction of sp³-hybridized carbons (Fsp3) is 0.611. The molecule has 3 atom stereocenters. The third-order valence-electron chi connectivity index (χ3n) is 5.10. The molecule has 1 aromatic rings. The van der Waals surface area contributed by atoms with Gasteiger partial charge < -0.3 is 10.2 Å². The normalized spacial score (nSPS) is 26.5. The molecule has 0 radical (unpaired) electrons. The van der Waals surface area contributed by atoms with Crippen molar-refractivity contribution in [1.82, 2.24) is 5.32 Å². The van der Waals surface area contributed by atoms with E-state index in [-0.39, 0.29) is 6.03 Å². The minimum atomic E-state index is 0.0885.